The van der Waals surface area contributed by atoms with Gasteiger partial charge in [0.1, 0.15) is 11.6 Å². The van der Waals surface area contributed by atoms with Gasteiger partial charge in [-0.1, -0.05) is 12.6 Å². The van der Waals surface area contributed by atoms with Crippen LogP contribution in [-0.2, 0) is 9.53 Å². The van der Waals surface area contributed by atoms with E-state index in [0.29, 0.717) is 23.2 Å². The number of hydrogen-bond acceptors (Lipinski definition) is 8. The highest BCUT2D eigenvalue weighted by Crippen LogP contribution is 2.32. The van der Waals surface area contributed by atoms with E-state index in [0.717, 1.165) is 55.3 Å². The van der Waals surface area contributed by atoms with Gasteiger partial charge in [-0.15, -0.1) is 0 Å². The van der Waals surface area contributed by atoms with Gasteiger partial charge in [0.05, 0.1) is 19.4 Å². The van der Waals surface area contributed by atoms with Crippen molar-refractivity contribution in [3.05, 3.63) is 66.9 Å². The number of methoxy groups -OCH3 is 1. The minimum Gasteiger partial charge on any atom is -0.494 e. The molecule has 1 aliphatic heterocycles. The number of aromatic nitrogens is 2. The second kappa shape index (κ2) is 11.3. The summed E-state index contributed by atoms with van der Waals surface area (Å²) in [5, 5.41) is 9.32. The zero-order valence-corrected chi connectivity index (χ0v) is 20.0. The maximum atomic E-state index is 11.6. The molecule has 1 aromatic heterocycles. The number of rotatable bonds is 8. The summed E-state index contributed by atoms with van der Waals surface area (Å²) in [6.07, 6.45) is 3.98. The second-order valence-electron chi connectivity index (χ2n) is 8.09. The number of ether oxygens (including phenoxy) is 2. The quantitative estimate of drug-likeness (QED) is 0.406. The molecule has 0 unspecified atom stereocenters. The molecule has 2 heterocycles. The standard InChI is InChI=1S/C26H30N6O3/c1-4-24(33)28-19-7-5-8-20(15-19)29-25-18(2)17-27-26(31-25)30-22-10-9-21(16-23(22)34-3)32-11-6-13-35-14-12-32/h4-5,7-10,15-17H,1,6,11-14H2,2-3H3,(H,28,33)(H2,27,29,30,31). The van der Waals surface area contributed by atoms with Gasteiger partial charge in [0.2, 0.25) is 11.9 Å². The maximum Gasteiger partial charge on any atom is 0.247 e. The number of amides is 1. The molecule has 0 aliphatic carbocycles. The largest absolute Gasteiger partial charge is 0.494 e. The molecule has 182 valence electrons. The molecule has 4 rings (SSSR count). The lowest BCUT2D eigenvalue weighted by molar-refractivity contribution is -0.111. The molecule has 0 spiro atoms. The molecule has 1 saturated heterocycles. The first-order chi connectivity index (χ1) is 17.1. The molecule has 1 aliphatic rings. The normalized spacial score (nSPS) is 13.5. The molecule has 1 amide bonds. The Morgan fingerprint density at radius 2 is 2.00 bits per heavy atom. The van der Waals surface area contributed by atoms with Gasteiger partial charge in [-0.2, -0.15) is 4.98 Å². The fourth-order valence-electron chi connectivity index (χ4n) is 3.74. The van der Waals surface area contributed by atoms with Crippen LogP contribution in [0.5, 0.6) is 5.75 Å². The summed E-state index contributed by atoms with van der Waals surface area (Å²) in [5.74, 6) is 1.52. The van der Waals surface area contributed by atoms with Crippen LogP contribution in [0.25, 0.3) is 0 Å². The van der Waals surface area contributed by atoms with Crippen molar-refractivity contribution in [3.8, 4) is 5.75 Å². The van der Waals surface area contributed by atoms with Crippen LogP contribution in [0, 0.1) is 6.92 Å². The van der Waals surface area contributed by atoms with Gasteiger partial charge in [0, 0.05) is 54.6 Å². The van der Waals surface area contributed by atoms with Crippen molar-refractivity contribution in [3.63, 3.8) is 0 Å². The summed E-state index contributed by atoms with van der Waals surface area (Å²) in [6, 6.07) is 13.4. The van der Waals surface area contributed by atoms with Gasteiger partial charge in [0.25, 0.3) is 0 Å². The van der Waals surface area contributed by atoms with Crippen molar-refractivity contribution in [2.75, 3.05) is 54.3 Å². The third-order valence-corrected chi connectivity index (χ3v) is 5.57. The number of aryl methyl sites for hydroxylation is 1. The molecular formula is C26H30N6O3. The fourth-order valence-corrected chi connectivity index (χ4v) is 3.74. The first-order valence-corrected chi connectivity index (χ1v) is 11.5. The molecule has 3 N–H and O–H groups in total. The lowest BCUT2D eigenvalue weighted by Crippen LogP contribution is -2.25. The number of carbonyl (C=O) groups is 1. The Morgan fingerprint density at radius 1 is 1.14 bits per heavy atom. The topological polar surface area (TPSA) is 101 Å². The van der Waals surface area contributed by atoms with E-state index in [1.165, 1.54) is 6.08 Å². The van der Waals surface area contributed by atoms with Crippen molar-refractivity contribution in [2.45, 2.75) is 13.3 Å². The fraction of sp³-hybridized carbons (Fsp3) is 0.269. The van der Waals surface area contributed by atoms with E-state index in [-0.39, 0.29) is 5.91 Å². The summed E-state index contributed by atoms with van der Waals surface area (Å²) in [4.78, 5) is 23.0. The van der Waals surface area contributed by atoms with E-state index < -0.39 is 0 Å². The van der Waals surface area contributed by atoms with Gasteiger partial charge in [-0.3, -0.25) is 4.79 Å². The van der Waals surface area contributed by atoms with Crippen LogP contribution in [0.4, 0.5) is 34.5 Å². The summed E-state index contributed by atoms with van der Waals surface area (Å²) < 4.78 is 11.2. The molecule has 0 atom stereocenters. The number of carbonyl (C=O) groups excluding carboxylic acids is 1. The zero-order chi connectivity index (χ0) is 24.6. The Hall–Kier alpha value is -4.11. The van der Waals surface area contributed by atoms with Crippen LogP contribution < -0.4 is 25.6 Å². The molecule has 2 aromatic carbocycles. The predicted octanol–water partition coefficient (Wildman–Crippen LogP) is 4.63. The molecular weight excluding hydrogens is 444 g/mol. The number of nitrogens with one attached hydrogen (secondary N) is 3. The van der Waals surface area contributed by atoms with Crippen LogP contribution >= 0.6 is 0 Å². The smallest absolute Gasteiger partial charge is 0.247 e. The third-order valence-electron chi connectivity index (χ3n) is 5.57. The molecule has 0 bridgehead atoms. The first-order valence-electron chi connectivity index (χ1n) is 11.5. The van der Waals surface area contributed by atoms with Crippen LogP contribution in [-0.4, -0.2) is 49.3 Å². The van der Waals surface area contributed by atoms with Crippen LogP contribution in [0.15, 0.2) is 61.3 Å². The highest BCUT2D eigenvalue weighted by molar-refractivity contribution is 5.99. The van der Waals surface area contributed by atoms with E-state index in [2.05, 4.69) is 43.5 Å². The summed E-state index contributed by atoms with van der Waals surface area (Å²) in [7, 11) is 1.65. The van der Waals surface area contributed by atoms with Crippen LogP contribution in [0.2, 0.25) is 0 Å². The molecule has 9 heteroatoms. The minimum absolute atomic E-state index is 0.268. The molecule has 3 aromatic rings. The molecule has 0 saturated carbocycles. The summed E-state index contributed by atoms with van der Waals surface area (Å²) in [5.41, 5.74) is 4.18. The van der Waals surface area contributed by atoms with Crippen molar-refractivity contribution < 1.29 is 14.3 Å². The van der Waals surface area contributed by atoms with Crippen molar-refractivity contribution in [1.29, 1.82) is 0 Å². The van der Waals surface area contributed by atoms with E-state index in [1.54, 1.807) is 19.4 Å². The monoisotopic (exact) mass is 474 g/mol. The summed E-state index contributed by atoms with van der Waals surface area (Å²) >= 11 is 0. The number of anilines is 6. The van der Waals surface area contributed by atoms with Crippen molar-refractivity contribution >= 4 is 40.4 Å². The molecule has 35 heavy (non-hydrogen) atoms. The van der Waals surface area contributed by atoms with Crippen LogP contribution in [0.1, 0.15) is 12.0 Å². The van der Waals surface area contributed by atoms with Crippen molar-refractivity contribution in [2.24, 2.45) is 0 Å². The number of benzene rings is 2. The predicted molar refractivity (Wildman–Crippen MR) is 139 cm³/mol. The van der Waals surface area contributed by atoms with E-state index in [4.69, 9.17) is 9.47 Å². The summed E-state index contributed by atoms with van der Waals surface area (Å²) in [6.45, 7) is 8.72. The molecule has 1 fully saturated rings. The van der Waals surface area contributed by atoms with Gasteiger partial charge in [0.15, 0.2) is 0 Å². The molecule has 0 radical (unpaired) electrons. The molecule has 9 nitrogen and oxygen atoms in total. The van der Waals surface area contributed by atoms with Gasteiger partial charge < -0.3 is 30.3 Å². The van der Waals surface area contributed by atoms with Crippen molar-refractivity contribution in [1.82, 2.24) is 9.97 Å². The number of hydrogen-bond donors (Lipinski definition) is 3. The lowest BCUT2D eigenvalue weighted by atomic mass is 10.2. The van der Waals surface area contributed by atoms with Gasteiger partial charge in [-0.05, 0) is 49.8 Å². The van der Waals surface area contributed by atoms with Gasteiger partial charge >= 0.3 is 0 Å². The Bertz CT molecular complexity index is 1190. The third kappa shape index (κ3) is 6.27. The lowest BCUT2D eigenvalue weighted by Gasteiger charge is -2.23. The SMILES string of the molecule is C=CC(=O)Nc1cccc(Nc2nc(Nc3ccc(N4CCCOCC4)cc3OC)ncc2C)c1. The number of nitrogens with zero attached hydrogens (tertiary/aromatic N) is 3. The Morgan fingerprint density at radius 3 is 2.83 bits per heavy atom. The second-order valence-corrected chi connectivity index (χ2v) is 8.09. The first kappa shape index (κ1) is 24.0. The maximum absolute atomic E-state index is 11.6. The van der Waals surface area contributed by atoms with Crippen LogP contribution in [0.3, 0.4) is 0 Å². The Balaban J connectivity index is 1.51. The Kier molecular flexibility index (Phi) is 7.79. The van der Waals surface area contributed by atoms with Gasteiger partial charge in [-0.25, -0.2) is 4.98 Å². The average molecular weight is 475 g/mol. The van der Waals surface area contributed by atoms with E-state index >= 15 is 0 Å². The highest BCUT2D eigenvalue weighted by atomic mass is 16.5. The Labute approximate surface area is 205 Å². The highest BCUT2D eigenvalue weighted by Gasteiger charge is 2.14. The average Bonchev–Trinajstić information content (AvgIpc) is 3.16. The minimum atomic E-state index is -0.268. The zero-order valence-electron chi connectivity index (χ0n) is 20.0. The van der Waals surface area contributed by atoms with E-state index in [9.17, 15) is 4.79 Å². The van der Waals surface area contributed by atoms with E-state index in [1.807, 2.05) is 37.3 Å².